The van der Waals surface area contributed by atoms with E-state index in [0.29, 0.717) is 31.7 Å². The van der Waals surface area contributed by atoms with Crippen LogP contribution in [-0.4, -0.2) is 27.9 Å². The number of non-ortho nitro benzene ring substituents is 1. The molecule has 1 aromatic rings. The maximum absolute atomic E-state index is 13.7. The van der Waals surface area contributed by atoms with Crippen molar-refractivity contribution in [3.8, 4) is 0 Å². The molecule has 22 heavy (non-hydrogen) atoms. The van der Waals surface area contributed by atoms with Crippen molar-refractivity contribution in [3.63, 3.8) is 0 Å². The highest BCUT2D eigenvalue weighted by molar-refractivity contribution is 5.94. The van der Waals surface area contributed by atoms with Gasteiger partial charge in [-0.15, -0.1) is 0 Å². The second kappa shape index (κ2) is 6.50. The average molecular weight is 310 g/mol. The molecule has 0 aliphatic heterocycles. The van der Waals surface area contributed by atoms with Crippen LogP contribution in [0.15, 0.2) is 18.2 Å². The molecule has 7 nitrogen and oxygen atoms in total. The normalized spacial score (nSPS) is 21.1. The number of aliphatic carboxylic acids is 1. The predicted octanol–water partition coefficient (Wildman–Crippen LogP) is 2.11. The van der Waals surface area contributed by atoms with Crippen LogP contribution >= 0.6 is 0 Å². The fraction of sp³-hybridized carbons (Fsp3) is 0.429. The first-order valence-corrected chi connectivity index (χ1v) is 6.86. The molecule has 1 saturated carbocycles. The van der Waals surface area contributed by atoms with E-state index in [1.807, 2.05) is 0 Å². The SMILES string of the molecule is O=C(NC1CCC(C(=O)O)CC1)c1ccc([N+](=O)[O-])cc1F. The van der Waals surface area contributed by atoms with E-state index >= 15 is 0 Å². The summed E-state index contributed by atoms with van der Waals surface area (Å²) in [5.41, 5.74) is -0.679. The van der Waals surface area contributed by atoms with Gasteiger partial charge in [0, 0.05) is 12.1 Å². The first kappa shape index (κ1) is 15.9. The zero-order chi connectivity index (χ0) is 16.3. The highest BCUT2D eigenvalue weighted by Gasteiger charge is 2.27. The Morgan fingerprint density at radius 3 is 2.41 bits per heavy atom. The molecule has 1 aliphatic rings. The fourth-order valence-electron chi connectivity index (χ4n) is 2.55. The van der Waals surface area contributed by atoms with E-state index in [2.05, 4.69) is 5.32 Å². The molecule has 0 atom stereocenters. The van der Waals surface area contributed by atoms with Gasteiger partial charge in [0.25, 0.3) is 11.6 Å². The van der Waals surface area contributed by atoms with Crippen molar-refractivity contribution in [1.29, 1.82) is 0 Å². The molecule has 0 saturated heterocycles. The van der Waals surface area contributed by atoms with Crippen LogP contribution in [0.25, 0.3) is 0 Å². The summed E-state index contributed by atoms with van der Waals surface area (Å²) in [6.07, 6.45) is 1.95. The molecule has 1 aromatic carbocycles. The van der Waals surface area contributed by atoms with Crippen LogP contribution < -0.4 is 5.32 Å². The van der Waals surface area contributed by atoms with Gasteiger partial charge in [0.1, 0.15) is 5.82 Å². The number of benzene rings is 1. The minimum atomic E-state index is -0.953. The third kappa shape index (κ3) is 3.57. The topological polar surface area (TPSA) is 110 Å². The summed E-state index contributed by atoms with van der Waals surface area (Å²) >= 11 is 0. The fourth-order valence-corrected chi connectivity index (χ4v) is 2.55. The Kier molecular flexibility index (Phi) is 4.69. The van der Waals surface area contributed by atoms with E-state index < -0.39 is 34.2 Å². The number of carboxylic acids is 1. The van der Waals surface area contributed by atoms with Crippen LogP contribution in [0.4, 0.5) is 10.1 Å². The van der Waals surface area contributed by atoms with Crippen molar-refractivity contribution in [1.82, 2.24) is 5.32 Å². The maximum atomic E-state index is 13.7. The number of nitro groups is 1. The first-order valence-electron chi connectivity index (χ1n) is 6.86. The Hall–Kier alpha value is -2.51. The summed E-state index contributed by atoms with van der Waals surface area (Å²) < 4.78 is 13.7. The monoisotopic (exact) mass is 310 g/mol. The zero-order valence-electron chi connectivity index (χ0n) is 11.6. The van der Waals surface area contributed by atoms with Crippen molar-refractivity contribution in [3.05, 3.63) is 39.7 Å². The van der Waals surface area contributed by atoms with E-state index in [-0.39, 0.29) is 11.6 Å². The van der Waals surface area contributed by atoms with Gasteiger partial charge in [-0.05, 0) is 31.7 Å². The van der Waals surface area contributed by atoms with Crippen LogP contribution in [0.1, 0.15) is 36.0 Å². The number of nitro benzene ring substituents is 1. The molecule has 0 bridgehead atoms. The largest absolute Gasteiger partial charge is 0.481 e. The minimum Gasteiger partial charge on any atom is -0.481 e. The molecule has 1 amide bonds. The summed E-state index contributed by atoms with van der Waals surface area (Å²) in [5, 5.41) is 22.1. The molecule has 118 valence electrons. The van der Waals surface area contributed by atoms with Crippen LogP contribution in [0.2, 0.25) is 0 Å². The molecule has 0 heterocycles. The van der Waals surface area contributed by atoms with Gasteiger partial charge in [-0.1, -0.05) is 0 Å². The van der Waals surface area contributed by atoms with Crippen molar-refractivity contribution in [2.45, 2.75) is 31.7 Å². The summed E-state index contributed by atoms with van der Waals surface area (Å²) in [4.78, 5) is 32.6. The standard InChI is InChI=1S/C14H15FN2O5/c15-12-7-10(17(21)22)5-6-11(12)13(18)16-9-3-1-8(2-4-9)14(19)20/h5-9H,1-4H2,(H,16,18)(H,19,20). The van der Waals surface area contributed by atoms with Crippen LogP contribution in [-0.2, 0) is 4.79 Å². The summed E-state index contributed by atoms with van der Waals surface area (Å²) in [7, 11) is 0. The molecule has 0 aromatic heterocycles. The number of nitrogens with zero attached hydrogens (tertiary/aromatic N) is 1. The van der Waals surface area contributed by atoms with Crippen molar-refractivity contribution in [2.75, 3.05) is 0 Å². The molecule has 0 spiro atoms. The number of carbonyl (C=O) groups excluding carboxylic acids is 1. The minimum absolute atomic E-state index is 0.210. The van der Waals surface area contributed by atoms with E-state index in [9.17, 15) is 24.1 Å². The molecule has 1 fully saturated rings. The van der Waals surface area contributed by atoms with Crippen molar-refractivity contribution >= 4 is 17.6 Å². The maximum Gasteiger partial charge on any atom is 0.306 e. The third-order valence-corrected chi connectivity index (χ3v) is 3.82. The zero-order valence-corrected chi connectivity index (χ0v) is 11.6. The van der Waals surface area contributed by atoms with Crippen molar-refractivity contribution < 1.29 is 24.0 Å². The molecular weight excluding hydrogens is 295 g/mol. The van der Waals surface area contributed by atoms with Crippen LogP contribution in [0, 0.1) is 21.8 Å². The average Bonchev–Trinajstić information content (AvgIpc) is 2.47. The molecule has 2 rings (SSSR count). The Balaban J connectivity index is 1.98. The van der Waals surface area contributed by atoms with Crippen LogP contribution in [0.3, 0.4) is 0 Å². The van der Waals surface area contributed by atoms with Gasteiger partial charge in [-0.2, -0.15) is 0 Å². The van der Waals surface area contributed by atoms with E-state index in [4.69, 9.17) is 5.11 Å². The lowest BCUT2D eigenvalue weighted by Crippen LogP contribution is -2.39. The van der Waals surface area contributed by atoms with Crippen LogP contribution in [0.5, 0.6) is 0 Å². The van der Waals surface area contributed by atoms with Crippen molar-refractivity contribution in [2.24, 2.45) is 5.92 Å². The lowest BCUT2D eigenvalue weighted by atomic mass is 9.86. The number of amides is 1. The van der Waals surface area contributed by atoms with Gasteiger partial charge in [0.15, 0.2) is 0 Å². The lowest BCUT2D eigenvalue weighted by Gasteiger charge is -2.26. The number of nitrogens with one attached hydrogen (secondary N) is 1. The second-order valence-corrected chi connectivity index (χ2v) is 5.28. The van der Waals surface area contributed by atoms with Gasteiger partial charge >= 0.3 is 5.97 Å². The summed E-state index contributed by atoms with van der Waals surface area (Å²) in [6, 6.07) is 2.64. The quantitative estimate of drug-likeness (QED) is 0.653. The third-order valence-electron chi connectivity index (χ3n) is 3.82. The Morgan fingerprint density at radius 2 is 1.91 bits per heavy atom. The summed E-state index contributed by atoms with van der Waals surface area (Å²) in [6.45, 7) is 0. The molecular formula is C14H15FN2O5. The first-order chi connectivity index (χ1) is 10.4. The van der Waals surface area contributed by atoms with Gasteiger partial charge in [-0.25, -0.2) is 4.39 Å². The second-order valence-electron chi connectivity index (χ2n) is 5.28. The summed E-state index contributed by atoms with van der Waals surface area (Å²) in [5.74, 6) is -2.84. The number of halogens is 1. The Bertz CT molecular complexity index is 611. The van der Waals surface area contributed by atoms with E-state index in [1.165, 1.54) is 0 Å². The van der Waals surface area contributed by atoms with Gasteiger partial charge in [-0.3, -0.25) is 19.7 Å². The number of rotatable bonds is 4. The van der Waals surface area contributed by atoms with Gasteiger partial charge in [0.05, 0.1) is 22.5 Å². The predicted molar refractivity (Wildman–Crippen MR) is 73.9 cm³/mol. The molecule has 1 aliphatic carbocycles. The molecule has 2 N–H and O–H groups in total. The molecule has 8 heteroatoms. The smallest absolute Gasteiger partial charge is 0.306 e. The highest BCUT2D eigenvalue weighted by Crippen LogP contribution is 2.25. The Morgan fingerprint density at radius 1 is 1.27 bits per heavy atom. The van der Waals surface area contributed by atoms with Gasteiger partial charge < -0.3 is 10.4 Å². The lowest BCUT2D eigenvalue weighted by molar-refractivity contribution is -0.385. The van der Waals surface area contributed by atoms with E-state index in [1.54, 1.807) is 0 Å². The highest BCUT2D eigenvalue weighted by atomic mass is 19.1. The number of carbonyl (C=O) groups is 2. The number of carboxylic acid groups (broad SMARTS) is 1. The molecule has 0 unspecified atom stereocenters. The number of hydrogen-bond acceptors (Lipinski definition) is 4. The van der Waals surface area contributed by atoms with Gasteiger partial charge in [0.2, 0.25) is 0 Å². The number of hydrogen-bond donors (Lipinski definition) is 2. The Labute approximate surface area is 125 Å². The van der Waals surface area contributed by atoms with E-state index in [0.717, 1.165) is 12.1 Å². The molecule has 0 radical (unpaired) electrons.